The fourth-order valence-electron chi connectivity index (χ4n) is 4.89. The lowest BCUT2D eigenvalue weighted by molar-refractivity contribution is -0.137. The number of aromatic nitrogens is 2. The highest BCUT2D eigenvalue weighted by Gasteiger charge is 2.42. The summed E-state index contributed by atoms with van der Waals surface area (Å²) in [7, 11) is -3.10. The molecule has 0 unspecified atom stereocenters. The van der Waals surface area contributed by atoms with Crippen LogP contribution in [0, 0.1) is 11.3 Å². The molecule has 1 amide bonds. The van der Waals surface area contributed by atoms with Gasteiger partial charge in [0.2, 0.25) is 5.95 Å². The maximum atomic E-state index is 13.4. The molecule has 43 heavy (non-hydrogen) atoms. The fraction of sp³-hybridized carbons (Fsp3) is 0.571. The zero-order valence-corrected chi connectivity index (χ0v) is 25.6. The quantitative estimate of drug-likeness (QED) is 0.299. The first-order valence-corrected chi connectivity index (χ1v) is 15.8. The van der Waals surface area contributed by atoms with Gasteiger partial charge in [0.15, 0.2) is 0 Å². The van der Waals surface area contributed by atoms with E-state index in [1.54, 1.807) is 20.8 Å². The SMILES string of the molecule is CC(C)(C)OC(=O)NC(C)(C)C1CN(c2nc(NC3CCS(=O)(=O)CC3)nc(Nc3cccc(C(F)(F)F)c3)c2C=N)C1. The van der Waals surface area contributed by atoms with Gasteiger partial charge in [0.25, 0.3) is 0 Å². The molecule has 0 saturated carbocycles. The monoisotopic (exact) mass is 625 g/mol. The molecule has 0 spiro atoms. The normalized spacial score (nSPS) is 18.0. The average molecular weight is 626 g/mol. The van der Waals surface area contributed by atoms with E-state index in [0.29, 0.717) is 31.7 Å². The number of hydrogen-bond acceptors (Lipinski definition) is 10. The first-order valence-electron chi connectivity index (χ1n) is 13.9. The van der Waals surface area contributed by atoms with Crippen LogP contribution in [0.3, 0.4) is 0 Å². The summed E-state index contributed by atoms with van der Waals surface area (Å²) in [6.07, 6.45) is -3.31. The number of halogens is 3. The minimum atomic E-state index is -4.54. The maximum Gasteiger partial charge on any atom is 0.416 e. The number of nitrogens with one attached hydrogen (secondary N) is 4. The Morgan fingerprint density at radius 2 is 1.74 bits per heavy atom. The third kappa shape index (κ3) is 8.27. The minimum absolute atomic E-state index is 0.00611. The lowest BCUT2D eigenvalue weighted by Crippen LogP contribution is -2.62. The van der Waals surface area contributed by atoms with Crippen molar-refractivity contribution in [1.82, 2.24) is 15.3 Å². The molecule has 3 heterocycles. The van der Waals surface area contributed by atoms with Gasteiger partial charge in [-0.15, -0.1) is 0 Å². The second-order valence-electron chi connectivity index (χ2n) is 12.5. The molecule has 0 radical (unpaired) electrons. The van der Waals surface area contributed by atoms with Crippen LogP contribution < -0.4 is 20.9 Å². The molecule has 2 aliphatic heterocycles. The van der Waals surface area contributed by atoms with E-state index in [1.165, 1.54) is 12.1 Å². The summed E-state index contributed by atoms with van der Waals surface area (Å²) in [6, 6.07) is 4.45. The van der Waals surface area contributed by atoms with Crippen LogP contribution >= 0.6 is 0 Å². The summed E-state index contributed by atoms with van der Waals surface area (Å²) in [5.41, 5.74) is -1.73. The molecular formula is C28H38F3N7O4S. The van der Waals surface area contributed by atoms with Crippen molar-refractivity contribution in [2.45, 2.75) is 70.8 Å². The van der Waals surface area contributed by atoms with Crippen molar-refractivity contribution >= 4 is 45.4 Å². The van der Waals surface area contributed by atoms with Gasteiger partial charge in [0.1, 0.15) is 27.1 Å². The van der Waals surface area contributed by atoms with Crippen molar-refractivity contribution in [2.75, 3.05) is 40.1 Å². The molecule has 236 valence electrons. The molecule has 2 fully saturated rings. The zero-order chi connectivity index (χ0) is 31.8. The van der Waals surface area contributed by atoms with Gasteiger partial charge in [-0.05, 0) is 65.7 Å². The molecule has 0 bridgehead atoms. The highest BCUT2D eigenvalue weighted by molar-refractivity contribution is 7.91. The Hall–Kier alpha value is -3.62. The van der Waals surface area contributed by atoms with Gasteiger partial charge in [0, 0.05) is 42.5 Å². The number of carbonyl (C=O) groups excluding carboxylic acids is 1. The molecule has 4 N–H and O–H groups in total. The molecule has 4 rings (SSSR count). The molecule has 11 nitrogen and oxygen atoms in total. The molecule has 1 aromatic carbocycles. The van der Waals surface area contributed by atoms with E-state index in [-0.39, 0.29) is 46.5 Å². The number of alkyl halides is 3. The molecule has 2 aliphatic rings. The highest BCUT2D eigenvalue weighted by Crippen LogP contribution is 2.37. The lowest BCUT2D eigenvalue weighted by Gasteiger charge is -2.48. The molecule has 0 aliphatic carbocycles. The Morgan fingerprint density at radius 1 is 1.09 bits per heavy atom. The second-order valence-corrected chi connectivity index (χ2v) is 14.8. The molecule has 2 saturated heterocycles. The Labute approximate surface area is 249 Å². The summed E-state index contributed by atoms with van der Waals surface area (Å²) < 4.78 is 69.3. The predicted molar refractivity (Wildman–Crippen MR) is 159 cm³/mol. The number of benzene rings is 1. The van der Waals surface area contributed by atoms with Gasteiger partial charge in [-0.3, -0.25) is 0 Å². The van der Waals surface area contributed by atoms with Crippen LogP contribution in [0.4, 0.5) is 41.2 Å². The van der Waals surface area contributed by atoms with Crippen molar-refractivity contribution in [2.24, 2.45) is 5.92 Å². The lowest BCUT2D eigenvalue weighted by atomic mass is 9.81. The third-order valence-corrected chi connectivity index (χ3v) is 9.15. The van der Waals surface area contributed by atoms with E-state index in [1.807, 2.05) is 18.7 Å². The highest BCUT2D eigenvalue weighted by atomic mass is 32.2. The number of rotatable bonds is 8. The zero-order valence-electron chi connectivity index (χ0n) is 24.8. The van der Waals surface area contributed by atoms with Gasteiger partial charge >= 0.3 is 12.3 Å². The Bertz CT molecular complexity index is 1460. The number of alkyl carbamates (subject to hydrolysis) is 1. The van der Waals surface area contributed by atoms with Crippen LogP contribution in [0.1, 0.15) is 58.6 Å². The van der Waals surface area contributed by atoms with Crippen LogP contribution in [-0.4, -0.2) is 72.5 Å². The van der Waals surface area contributed by atoms with Crippen LogP contribution in [-0.2, 0) is 20.8 Å². The number of sulfone groups is 1. The van der Waals surface area contributed by atoms with Gasteiger partial charge in [-0.25, -0.2) is 13.2 Å². The largest absolute Gasteiger partial charge is 0.444 e. The Balaban J connectivity index is 1.61. The Morgan fingerprint density at radius 3 is 2.33 bits per heavy atom. The van der Waals surface area contributed by atoms with Crippen LogP contribution in [0.25, 0.3) is 0 Å². The van der Waals surface area contributed by atoms with Crippen molar-refractivity contribution in [3.8, 4) is 0 Å². The number of carbonyl (C=O) groups is 1. The Kier molecular flexibility index (Phi) is 8.87. The van der Waals surface area contributed by atoms with Crippen molar-refractivity contribution in [3.05, 3.63) is 35.4 Å². The van der Waals surface area contributed by atoms with Crippen molar-refractivity contribution in [3.63, 3.8) is 0 Å². The van der Waals surface area contributed by atoms with Crippen molar-refractivity contribution in [1.29, 1.82) is 5.41 Å². The van der Waals surface area contributed by atoms with E-state index in [9.17, 15) is 26.4 Å². The summed E-state index contributed by atoms with van der Waals surface area (Å²) in [4.78, 5) is 23.5. The van der Waals surface area contributed by atoms with Crippen LogP contribution in [0.5, 0.6) is 0 Å². The third-order valence-electron chi connectivity index (χ3n) is 7.44. The molecule has 15 heteroatoms. The summed E-state index contributed by atoms with van der Waals surface area (Å²) in [6.45, 7) is 10.0. The fourth-order valence-corrected chi connectivity index (χ4v) is 6.39. The number of hydrogen-bond donors (Lipinski definition) is 4. The second kappa shape index (κ2) is 11.8. The summed E-state index contributed by atoms with van der Waals surface area (Å²) in [5, 5.41) is 17.2. The van der Waals surface area contributed by atoms with E-state index >= 15 is 0 Å². The first-order chi connectivity index (χ1) is 19.8. The van der Waals surface area contributed by atoms with Crippen LogP contribution in [0.2, 0.25) is 0 Å². The predicted octanol–water partition coefficient (Wildman–Crippen LogP) is 4.97. The van der Waals surface area contributed by atoms with E-state index < -0.39 is 38.8 Å². The maximum absolute atomic E-state index is 13.4. The van der Waals surface area contributed by atoms with E-state index in [2.05, 4.69) is 25.9 Å². The van der Waals surface area contributed by atoms with E-state index in [0.717, 1.165) is 18.3 Å². The van der Waals surface area contributed by atoms with E-state index in [4.69, 9.17) is 10.1 Å². The minimum Gasteiger partial charge on any atom is -0.444 e. The number of nitrogens with zero attached hydrogens (tertiary/aromatic N) is 3. The smallest absolute Gasteiger partial charge is 0.416 e. The van der Waals surface area contributed by atoms with Crippen LogP contribution in [0.15, 0.2) is 24.3 Å². The molecule has 2 aromatic rings. The summed E-state index contributed by atoms with van der Waals surface area (Å²) in [5.74, 6) is 0.717. The molecule has 1 aromatic heterocycles. The van der Waals surface area contributed by atoms with Crippen molar-refractivity contribution < 1.29 is 31.1 Å². The number of amides is 1. The average Bonchev–Trinajstić information content (AvgIpc) is 2.82. The van der Waals surface area contributed by atoms with Gasteiger partial charge in [-0.2, -0.15) is 23.1 Å². The van der Waals surface area contributed by atoms with Gasteiger partial charge < -0.3 is 31.0 Å². The standard InChI is InChI=1S/C28H38F3N7O4S/c1-26(2,3)42-25(39)37-27(4,5)18-15-38(16-18)23-21(14-32)22(33-20-8-6-7-17(13-20)28(29,30)31)35-24(36-23)34-19-9-11-43(40,41)12-10-19/h6-8,13-14,18-19,32H,9-12,15-16H2,1-5H3,(H,37,39)(H2,33,34,35,36). The number of anilines is 4. The topological polar surface area (TPSA) is 149 Å². The first kappa shape index (κ1) is 32.3. The van der Waals surface area contributed by atoms with Gasteiger partial charge in [-0.1, -0.05) is 6.07 Å². The molecular weight excluding hydrogens is 587 g/mol. The van der Waals surface area contributed by atoms with Gasteiger partial charge in [0.05, 0.1) is 22.6 Å². The number of ether oxygens (including phenoxy) is 1. The summed E-state index contributed by atoms with van der Waals surface area (Å²) >= 11 is 0. The molecule has 0 atom stereocenters.